The van der Waals surface area contributed by atoms with E-state index in [0.717, 1.165) is 5.56 Å². The van der Waals surface area contributed by atoms with E-state index in [0.29, 0.717) is 11.1 Å². The van der Waals surface area contributed by atoms with Crippen LogP contribution in [-0.4, -0.2) is 12.9 Å². The molecule has 98 valence electrons. The van der Waals surface area contributed by atoms with Crippen LogP contribution in [0.1, 0.15) is 21.5 Å². The Morgan fingerprint density at radius 3 is 2.58 bits per heavy atom. The quantitative estimate of drug-likeness (QED) is 0.784. The van der Waals surface area contributed by atoms with E-state index < -0.39 is 5.82 Å². The van der Waals surface area contributed by atoms with Gasteiger partial charge in [-0.05, 0) is 24.1 Å². The van der Waals surface area contributed by atoms with Crippen LogP contribution in [-0.2, 0) is 6.42 Å². The van der Waals surface area contributed by atoms with Gasteiger partial charge in [0.25, 0.3) is 0 Å². The number of halogens is 1. The Morgan fingerprint density at radius 2 is 1.89 bits per heavy atom. The second kappa shape index (κ2) is 5.65. The van der Waals surface area contributed by atoms with E-state index in [-0.39, 0.29) is 18.0 Å². The number of methoxy groups -OCH3 is 1. The summed E-state index contributed by atoms with van der Waals surface area (Å²) in [6, 6.07) is 12.1. The molecule has 0 saturated heterocycles. The van der Waals surface area contributed by atoms with Gasteiger partial charge < -0.3 is 4.74 Å². The molecule has 3 heteroatoms. The molecule has 0 heterocycles. The van der Waals surface area contributed by atoms with Crippen molar-refractivity contribution in [2.75, 3.05) is 7.11 Å². The number of aryl methyl sites for hydroxylation is 1. The minimum Gasteiger partial charge on any atom is -0.494 e. The summed E-state index contributed by atoms with van der Waals surface area (Å²) in [5.74, 6) is -0.396. The molecule has 0 aromatic heterocycles. The average Bonchev–Trinajstić information content (AvgIpc) is 2.41. The maximum Gasteiger partial charge on any atom is 0.168 e. The van der Waals surface area contributed by atoms with Crippen molar-refractivity contribution in [1.82, 2.24) is 0 Å². The molecule has 0 unspecified atom stereocenters. The van der Waals surface area contributed by atoms with E-state index in [1.54, 1.807) is 18.2 Å². The van der Waals surface area contributed by atoms with Crippen molar-refractivity contribution in [1.29, 1.82) is 0 Å². The van der Waals surface area contributed by atoms with Crippen molar-refractivity contribution in [2.45, 2.75) is 13.3 Å². The number of carbonyl (C=O) groups excluding carboxylic acids is 1. The van der Waals surface area contributed by atoms with Gasteiger partial charge in [0.2, 0.25) is 0 Å². The van der Waals surface area contributed by atoms with Gasteiger partial charge >= 0.3 is 0 Å². The van der Waals surface area contributed by atoms with Crippen molar-refractivity contribution in [3.63, 3.8) is 0 Å². The molecule has 0 N–H and O–H groups in total. The fourth-order valence-electron chi connectivity index (χ4n) is 2.00. The van der Waals surface area contributed by atoms with Crippen LogP contribution in [0.2, 0.25) is 0 Å². The number of ketones is 1. The molecule has 0 aliphatic heterocycles. The summed E-state index contributed by atoms with van der Waals surface area (Å²) >= 11 is 0. The third-order valence-electron chi connectivity index (χ3n) is 3.06. The molecule has 0 spiro atoms. The first-order valence-electron chi connectivity index (χ1n) is 6.03. The molecule has 0 atom stereocenters. The van der Waals surface area contributed by atoms with Gasteiger partial charge in [0.15, 0.2) is 17.3 Å². The zero-order valence-corrected chi connectivity index (χ0v) is 10.9. The number of rotatable bonds is 4. The summed E-state index contributed by atoms with van der Waals surface area (Å²) in [6.07, 6.45) is 0.0356. The van der Waals surface area contributed by atoms with E-state index in [1.165, 1.54) is 13.2 Å². The van der Waals surface area contributed by atoms with Crippen LogP contribution >= 0.6 is 0 Å². The summed E-state index contributed by atoms with van der Waals surface area (Å²) in [5, 5.41) is 0. The topological polar surface area (TPSA) is 26.3 Å². The first kappa shape index (κ1) is 13.3. The first-order valence-corrected chi connectivity index (χ1v) is 6.03. The fraction of sp³-hybridized carbons (Fsp3) is 0.188. The number of hydrogen-bond acceptors (Lipinski definition) is 2. The van der Waals surface area contributed by atoms with E-state index in [9.17, 15) is 9.18 Å². The first-order chi connectivity index (χ1) is 9.13. The monoisotopic (exact) mass is 258 g/mol. The molecule has 2 nitrogen and oxygen atoms in total. The smallest absolute Gasteiger partial charge is 0.168 e. The minimum atomic E-state index is -0.466. The highest BCUT2D eigenvalue weighted by atomic mass is 19.1. The highest BCUT2D eigenvalue weighted by molar-refractivity contribution is 5.98. The average molecular weight is 258 g/mol. The van der Waals surface area contributed by atoms with E-state index in [4.69, 9.17) is 4.74 Å². The molecule has 0 fully saturated rings. The van der Waals surface area contributed by atoms with E-state index >= 15 is 0 Å². The molecular formula is C16H15FO2. The Bertz CT molecular complexity index is 605. The van der Waals surface area contributed by atoms with Gasteiger partial charge in [0.05, 0.1) is 7.11 Å². The van der Waals surface area contributed by atoms with Crippen LogP contribution in [0.5, 0.6) is 5.75 Å². The summed E-state index contributed by atoms with van der Waals surface area (Å²) in [5.41, 5.74) is 1.88. The van der Waals surface area contributed by atoms with Gasteiger partial charge in [0.1, 0.15) is 0 Å². The fourth-order valence-corrected chi connectivity index (χ4v) is 2.00. The zero-order chi connectivity index (χ0) is 13.8. The predicted octanol–water partition coefficient (Wildman–Crippen LogP) is 3.57. The third kappa shape index (κ3) is 2.81. The van der Waals surface area contributed by atoms with Crippen molar-refractivity contribution < 1.29 is 13.9 Å². The van der Waals surface area contributed by atoms with Crippen LogP contribution in [0.25, 0.3) is 0 Å². The maximum atomic E-state index is 14.0. The molecule has 0 aliphatic rings. The van der Waals surface area contributed by atoms with Gasteiger partial charge in [-0.1, -0.05) is 36.4 Å². The molecule has 2 aromatic rings. The van der Waals surface area contributed by atoms with Crippen molar-refractivity contribution in [3.8, 4) is 5.75 Å². The summed E-state index contributed by atoms with van der Waals surface area (Å²) < 4.78 is 18.9. The van der Waals surface area contributed by atoms with E-state index in [1.807, 2.05) is 25.1 Å². The lowest BCUT2D eigenvalue weighted by atomic mass is 9.99. The molecular weight excluding hydrogens is 243 g/mol. The number of hydrogen-bond donors (Lipinski definition) is 0. The van der Waals surface area contributed by atoms with Crippen LogP contribution in [0.3, 0.4) is 0 Å². The Morgan fingerprint density at radius 1 is 1.16 bits per heavy atom. The Kier molecular flexibility index (Phi) is 3.95. The number of Topliss-reactive ketones (excluding diaryl/α,β-unsaturated/α-hetero) is 1. The number of carbonyl (C=O) groups is 1. The van der Waals surface area contributed by atoms with Crippen LogP contribution in [0.4, 0.5) is 4.39 Å². The predicted molar refractivity (Wildman–Crippen MR) is 72.2 cm³/mol. The van der Waals surface area contributed by atoms with Crippen molar-refractivity contribution >= 4 is 5.78 Å². The van der Waals surface area contributed by atoms with Gasteiger partial charge in [0, 0.05) is 12.0 Å². The number of benzene rings is 2. The summed E-state index contributed by atoms with van der Waals surface area (Å²) in [6.45, 7) is 1.87. The summed E-state index contributed by atoms with van der Waals surface area (Å²) in [7, 11) is 1.41. The van der Waals surface area contributed by atoms with Gasteiger partial charge in [-0.2, -0.15) is 0 Å². The van der Waals surface area contributed by atoms with E-state index in [2.05, 4.69) is 0 Å². The molecule has 2 rings (SSSR count). The van der Waals surface area contributed by atoms with Crippen molar-refractivity contribution in [3.05, 3.63) is 65.0 Å². The van der Waals surface area contributed by atoms with Gasteiger partial charge in [-0.3, -0.25) is 4.79 Å². The van der Waals surface area contributed by atoms with Gasteiger partial charge in [-0.25, -0.2) is 4.39 Å². The highest BCUT2D eigenvalue weighted by Crippen LogP contribution is 2.21. The second-order valence-corrected chi connectivity index (χ2v) is 4.35. The normalized spacial score (nSPS) is 10.3. The zero-order valence-electron chi connectivity index (χ0n) is 10.9. The molecule has 0 saturated carbocycles. The van der Waals surface area contributed by atoms with Crippen LogP contribution < -0.4 is 4.74 Å². The molecule has 19 heavy (non-hydrogen) atoms. The Balaban J connectivity index is 2.27. The van der Waals surface area contributed by atoms with Crippen LogP contribution in [0.15, 0.2) is 42.5 Å². The Hall–Kier alpha value is -2.16. The molecule has 0 aliphatic carbocycles. The molecule has 0 bridgehead atoms. The highest BCUT2D eigenvalue weighted by Gasteiger charge is 2.14. The lowest BCUT2D eigenvalue weighted by Gasteiger charge is -2.08. The third-order valence-corrected chi connectivity index (χ3v) is 3.06. The number of ether oxygens (including phenoxy) is 1. The lowest BCUT2D eigenvalue weighted by molar-refractivity contribution is 0.0991. The SMILES string of the molecule is COc1cccc(CC(=O)c2ccccc2C)c1F. The second-order valence-electron chi connectivity index (χ2n) is 4.35. The van der Waals surface area contributed by atoms with Gasteiger partial charge in [-0.15, -0.1) is 0 Å². The van der Waals surface area contributed by atoms with Crippen molar-refractivity contribution in [2.24, 2.45) is 0 Å². The minimum absolute atomic E-state index is 0.0356. The largest absolute Gasteiger partial charge is 0.494 e. The Labute approximate surface area is 111 Å². The molecule has 0 amide bonds. The lowest BCUT2D eigenvalue weighted by Crippen LogP contribution is -2.07. The summed E-state index contributed by atoms with van der Waals surface area (Å²) in [4.78, 5) is 12.2. The van der Waals surface area contributed by atoms with Crippen LogP contribution in [0, 0.1) is 12.7 Å². The molecule has 2 aromatic carbocycles. The maximum absolute atomic E-state index is 14.0. The standard InChI is InChI=1S/C16H15FO2/c1-11-6-3-4-8-13(11)14(18)10-12-7-5-9-15(19-2)16(12)17/h3-9H,10H2,1-2H3. The molecule has 0 radical (unpaired) electrons.